The minimum absolute atomic E-state index is 0.0839. The molecule has 0 aromatic rings. The van der Waals surface area contributed by atoms with Gasteiger partial charge in [0.2, 0.25) is 0 Å². The molecule has 11 nitrogen and oxygen atoms in total. The molecule has 2 aliphatic carbocycles. The van der Waals surface area contributed by atoms with Crippen molar-refractivity contribution in [1.29, 1.82) is 0 Å². The van der Waals surface area contributed by atoms with E-state index < -0.39 is 76.7 Å². The summed E-state index contributed by atoms with van der Waals surface area (Å²) in [5.41, 5.74) is -3.65. The summed E-state index contributed by atoms with van der Waals surface area (Å²) in [5.74, 6) is -4.45. The molecule has 2 saturated heterocycles. The molecule has 38 heavy (non-hydrogen) atoms. The summed E-state index contributed by atoms with van der Waals surface area (Å²) in [6, 6.07) is 0. The summed E-state index contributed by atoms with van der Waals surface area (Å²) < 4.78 is 34.5. The first-order valence-electron chi connectivity index (χ1n) is 12.8. The van der Waals surface area contributed by atoms with Crippen molar-refractivity contribution in [2.45, 2.75) is 83.1 Å². The maximum Gasteiger partial charge on any atom is 0.312 e. The number of epoxide rings is 1. The van der Waals surface area contributed by atoms with Crippen LogP contribution in [0.1, 0.15) is 47.5 Å². The highest BCUT2D eigenvalue weighted by molar-refractivity contribution is 5.78. The number of hydrogen-bond donors (Lipinski definition) is 1. The number of carbonyl (C=O) groups excluding carboxylic acids is 4. The van der Waals surface area contributed by atoms with Crippen LogP contribution in [0.15, 0.2) is 23.8 Å². The van der Waals surface area contributed by atoms with E-state index in [1.165, 1.54) is 34.8 Å². The molecule has 1 N–H and O–H groups in total. The fourth-order valence-corrected chi connectivity index (χ4v) is 6.59. The zero-order chi connectivity index (χ0) is 28.0. The highest BCUT2D eigenvalue weighted by Crippen LogP contribution is 2.62. The number of ether oxygens (including phenoxy) is 6. The van der Waals surface area contributed by atoms with Gasteiger partial charge in [-0.2, -0.15) is 0 Å². The van der Waals surface area contributed by atoms with Gasteiger partial charge in [0.25, 0.3) is 0 Å². The van der Waals surface area contributed by atoms with Crippen LogP contribution in [0.25, 0.3) is 0 Å². The number of carbonyl (C=O) groups is 4. The largest absolute Gasteiger partial charge is 0.462 e. The molecule has 1 saturated carbocycles. The molecular formula is C27H36O11. The number of aliphatic hydroxyl groups is 1. The SMILES string of the molecule is COCC1=C/[C@@H]2OC(=O)[C@H](C)[C@@]2(O)[C@@H](OC(C)=O)[C@H]2[C@]3(CC[C@H](OC(C)=O)[C@]2(C)[C@@H](OC(C)=O)/C=C\1)CO3. The molecule has 0 amide bonds. The number of methoxy groups -OCH3 is 1. The van der Waals surface area contributed by atoms with E-state index in [1.54, 1.807) is 25.2 Å². The Morgan fingerprint density at radius 3 is 2.29 bits per heavy atom. The van der Waals surface area contributed by atoms with Crippen LogP contribution in [-0.4, -0.2) is 84.9 Å². The second kappa shape index (κ2) is 10.1. The van der Waals surface area contributed by atoms with Crippen LogP contribution in [0.5, 0.6) is 0 Å². The minimum Gasteiger partial charge on any atom is -0.462 e. The second-order valence-corrected chi connectivity index (χ2v) is 10.9. The van der Waals surface area contributed by atoms with Gasteiger partial charge in [-0.25, -0.2) is 0 Å². The standard InChI is InChI=1S/C27H36O11/c1-14-24(31)38-21-11-18(12-33-6)7-8-19(35-15(2)28)25(5)20(36-16(3)29)9-10-26(13-34-26)22(25)23(27(14,21)32)37-17(4)30/h7-8,11,14,19-23,32H,9-10,12-13H2,1-6H3/b8-7-,18-11+/t14-,19-,20-,21-,22+,23-,25-,26-,27-/m0/s1. The van der Waals surface area contributed by atoms with E-state index in [1.807, 2.05) is 0 Å². The van der Waals surface area contributed by atoms with E-state index in [0.717, 1.165) is 0 Å². The fraction of sp³-hybridized carbons (Fsp3) is 0.704. The maximum atomic E-state index is 12.9. The summed E-state index contributed by atoms with van der Waals surface area (Å²) in [7, 11) is 1.48. The number of esters is 4. The fourth-order valence-electron chi connectivity index (χ4n) is 6.59. The Morgan fingerprint density at radius 2 is 1.74 bits per heavy atom. The maximum absolute atomic E-state index is 12.9. The molecule has 1 spiro atoms. The lowest BCUT2D eigenvalue weighted by Gasteiger charge is -2.56. The summed E-state index contributed by atoms with van der Waals surface area (Å²) in [5, 5.41) is 12.4. The highest BCUT2D eigenvalue weighted by atomic mass is 16.6. The number of fused-ring (bicyclic) bond motifs is 3. The van der Waals surface area contributed by atoms with Gasteiger partial charge in [0, 0.05) is 33.8 Å². The number of rotatable bonds is 5. The summed E-state index contributed by atoms with van der Waals surface area (Å²) in [4.78, 5) is 50.1. The Kier molecular flexibility index (Phi) is 7.50. The third-order valence-electron chi connectivity index (χ3n) is 8.45. The Labute approximate surface area is 221 Å². The monoisotopic (exact) mass is 536 g/mol. The molecule has 2 heterocycles. The van der Waals surface area contributed by atoms with Crippen molar-refractivity contribution in [2.75, 3.05) is 20.3 Å². The van der Waals surface area contributed by atoms with Gasteiger partial charge in [0.15, 0.2) is 11.7 Å². The lowest BCUT2D eigenvalue weighted by Crippen LogP contribution is -2.69. The van der Waals surface area contributed by atoms with Gasteiger partial charge in [-0.3, -0.25) is 19.2 Å². The zero-order valence-electron chi connectivity index (χ0n) is 22.6. The zero-order valence-corrected chi connectivity index (χ0v) is 22.6. The Balaban J connectivity index is 2.04. The second-order valence-electron chi connectivity index (χ2n) is 10.9. The first-order chi connectivity index (χ1) is 17.8. The first kappa shape index (κ1) is 28.3. The summed E-state index contributed by atoms with van der Waals surface area (Å²) >= 11 is 0. The quantitative estimate of drug-likeness (QED) is 0.309. The molecule has 0 bridgehead atoms. The minimum atomic E-state index is -2.03. The molecule has 0 aromatic heterocycles. The predicted molar refractivity (Wildman–Crippen MR) is 129 cm³/mol. The van der Waals surface area contributed by atoms with Gasteiger partial charge < -0.3 is 33.5 Å². The van der Waals surface area contributed by atoms with Crippen LogP contribution in [0.4, 0.5) is 0 Å². The molecule has 11 heteroatoms. The van der Waals surface area contributed by atoms with Gasteiger partial charge in [-0.15, -0.1) is 0 Å². The molecular weight excluding hydrogens is 500 g/mol. The van der Waals surface area contributed by atoms with Crippen molar-refractivity contribution in [1.82, 2.24) is 0 Å². The van der Waals surface area contributed by atoms with Crippen molar-refractivity contribution in [3.8, 4) is 0 Å². The Bertz CT molecular complexity index is 1060. The molecule has 3 fully saturated rings. The van der Waals surface area contributed by atoms with Gasteiger partial charge in [0.1, 0.15) is 18.3 Å². The lowest BCUT2D eigenvalue weighted by atomic mass is 9.53. The van der Waals surface area contributed by atoms with Crippen LogP contribution in [0.2, 0.25) is 0 Å². The predicted octanol–water partition coefficient (Wildman–Crippen LogP) is 1.40. The summed E-state index contributed by atoms with van der Waals surface area (Å²) in [6.07, 6.45) is 1.32. The average molecular weight is 537 g/mol. The van der Waals surface area contributed by atoms with Crippen LogP contribution < -0.4 is 0 Å². The topological polar surface area (TPSA) is 147 Å². The molecule has 9 atom stereocenters. The third-order valence-corrected chi connectivity index (χ3v) is 8.45. The third kappa shape index (κ3) is 4.65. The smallest absolute Gasteiger partial charge is 0.312 e. The van der Waals surface area contributed by atoms with E-state index in [-0.39, 0.29) is 13.2 Å². The van der Waals surface area contributed by atoms with Crippen molar-refractivity contribution >= 4 is 23.9 Å². The van der Waals surface area contributed by atoms with Gasteiger partial charge in [-0.05, 0) is 37.5 Å². The molecule has 4 aliphatic rings. The van der Waals surface area contributed by atoms with E-state index in [0.29, 0.717) is 18.4 Å². The Hall–Kier alpha value is -2.76. The molecule has 4 rings (SSSR count). The van der Waals surface area contributed by atoms with E-state index >= 15 is 0 Å². The Morgan fingerprint density at radius 1 is 1.11 bits per heavy atom. The van der Waals surface area contributed by atoms with Gasteiger partial charge in [-0.1, -0.05) is 13.0 Å². The van der Waals surface area contributed by atoms with Crippen molar-refractivity contribution in [3.63, 3.8) is 0 Å². The average Bonchev–Trinajstić information content (AvgIpc) is 3.55. The molecule has 0 aromatic carbocycles. The molecule has 210 valence electrons. The van der Waals surface area contributed by atoms with Crippen LogP contribution in [-0.2, 0) is 47.6 Å². The van der Waals surface area contributed by atoms with Crippen molar-refractivity contribution < 1.29 is 52.7 Å². The van der Waals surface area contributed by atoms with E-state index in [4.69, 9.17) is 28.4 Å². The van der Waals surface area contributed by atoms with Crippen LogP contribution in [0, 0.1) is 17.3 Å². The molecule has 0 unspecified atom stereocenters. The normalized spacial score (nSPS) is 44.0. The van der Waals surface area contributed by atoms with Crippen molar-refractivity contribution in [3.05, 3.63) is 23.8 Å². The van der Waals surface area contributed by atoms with E-state index in [2.05, 4.69) is 0 Å². The van der Waals surface area contributed by atoms with Crippen LogP contribution >= 0.6 is 0 Å². The van der Waals surface area contributed by atoms with E-state index in [9.17, 15) is 24.3 Å². The highest BCUT2D eigenvalue weighted by Gasteiger charge is 2.74. The summed E-state index contributed by atoms with van der Waals surface area (Å²) in [6.45, 7) is 7.40. The van der Waals surface area contributed by atoms with Crippen LogP contribution in [0.3, 0.4) is 0 Å². The first-order valence-corrected chi connectivity index (χ1v) is 12.8. The van der Waals surface area contributed by atoms with Gasteiger partial charge >= 0.3 is 23.9 Å². The van der Waals surface area contributed by atoms with Gasteiger partial charge in [0.05, 0.1) is 30.1 Å². The molecule has 2 aliphatic heterocycles. The lowest BCUT2D eigenvalue weighted by molar-refractivity contribution is -0.236. The molecule has 0 radical (unpaired) electrons. The number of hydrogen-bond acceptors (Lipinski definition) is 11. The van der Waals surface area contributed by atoms with Crippen molar-refractivity contribution in [2.24, 2.45) is 17.3 Å².